The number of anilines is 2. The zero-order valence-electron chi connectivity index (χ0n) is 21.0. The highest BCUT2D eigenvalue weighted by atomic mass is 16.5. The SMILES string of the molecule is CN1CCCCOc2ccccc2C(=O)N2CCCCC2c2cc3nc(N4CCC(N)C4)cc1n3n2. The summed E-state index contributed by atoms with van der Waals surface area (Å²) in [5, 5.41) is 5.06. The molecule has 2 aromatic heterocycles. The standard InChI is InChI=1S/C27H35N7O2/c1-31-12-6-7-15-36-23-10-3-2-8-20(23)27(35)33-13-5-4-9-22(33)21-16-25-29-24(17-26(31)34(25)30-21)32-14-11-19(28)18-32/h2-3,8,10,16-17,19,22H,4-7,9,11-15,18,28H2,1H3. The first-order valence-electron chi connectivity index (χ1n) is 13.2. The van der Waals surface area contributed by atoms with Gasteiger partial charge in [0.2, 0.25) is 0 Å². The van der Waals surface area contributed by atoms with E-state index in [1.807, 2.05) is 33.7 Å². The molecule has 0 spiro atoms. The zero-order valence-corrected chi connectivity index (χ0v) is 21.0. The van der Waals surface area contributed by atoms with Crippen LogP contribution in [0.5, 0.6) is 5.75 Å². The highest BCUT2D eigenvalue weighted by Gasteiger charge is 2.33. The molecule has 2 unspecified atom stereocenters. The number of carbonyl (C=O) groups excluding carboxylic acids is 1. The molecule has 3 aromatic rings. The molecule has 36 heavy (non-hydrogen) atoms. The van der Waals surface area contributed by atoms with Crippen LogP contribution in [-0.2, 0) is 0 Å². The van der Waals surface area contributed by atoms with Gasteiger partial charge >= 0.3 is 0 Å². The average molecular weight is 490 g/mol. The maximum atomic E-state index is 13.8. The maximum Gasteiger partial charge on any atom is 0.258 e. The number of nitrogens with two attached hydrogens (primary N) is 1. The maximum absolute atomic E-state index is 13.8. The van der Waals surface area contributed by atoms with E-state index in [0.29, 0.717) is 24.5 Å². The number of aromatic nitrogens is 3. The number of hydrogen-bond acceptors (Lipinski definition) is 7. The van der Waals surface area contributed by atoms with E-state index in [1.165, 1.54) is 0 Å². The second-order valence-corrected chi connectivity index (χ2v) is 10.3. The van der Waals surface area contributed by atoms with Gasteiger partial charge in [-0.05, 0) is 50.7 Å². The van der Waals surface area contributed by atoms with Crippen molar-refractivity contribution in [1.29, 1.82) is 0 Å². The van der Waals surface area contributed by atoms with E-state index >= 15 is 0 Å². The van der Waals surface area contributed by atoms with Crippen LogP contribution in [0.4, 0.5) is 11.6 Å². The lowest BCUT2D eigenvalue weighted by Crippen LogP contribution is -2.39. The van der Waals surface area contributed by atoms with Gasteiger partial charge in [-0.25, -0.2) is 4.98 Å². The van der Waals surface area contributed by atoms with Gasteiger partial charge in [-0.1, -0.05) is 12.1 Å². The molecule has 3 aliphatic heterocycles. The molecular weight excluding hydrogens is 454 g/mol. The third-order valence-electron chi connectivity index (χ3n) is 7.72. The van der Waals surface area contributed by atoms with Gasteiger partial charge in [0.1, 0.15) is 17.4 Å². The van der Waals surface area contributed by atoms with Crippen LogP contribution < -0.4 is 20.3 Å². The molecule has 2 saturated heterocycles. The lowest BCUT2D eigenvalue weighted by molar-refractivity contribution is 0.0601. The van der Waals surface area contributed by atoms with Crippen molar-refractivity contribution in [2.45, 2.75) is 50.6 Å². The number of carbonyl (C=O) groups is 1. The molecule has 2 atom stereocenters. The molecule has 190 valence electrons. The van der Waals surface area contributed by atoms with Crippen LogP contribution in [-0.4, -0.2) is 71.3 Å². The molecule has 9 nitrogen and oxygen atoms in total. The highest BCUT2D eigenvalue weighted by molar-refractivity contribution is 5.97. The van der Waals surface area contributed by atoms with E-state index in [-0.39, 0.29) is 18.0 Å². The fourth-order valence-electron chi connectivity index (χ4n) is 5.71. The molecule has 2 fully saturated rings. The summed E-state index contributed by atoms with van der Waals surface area (Å²) >= 11 is 0. The molecule has 3 aliphatic rings. The summed E-state index contributed by atoms with van der Waals surface area (Å²) < 4.78 is 8.07. The van der Waals surface area contributed by atoms with E-state index in [1.54, 1.807) is 0 Å². The summed E-state index contributed by atoms with van der Waals surface area (Å²) in [6.45, 7) is 3.89. The lowest BCUT2D eigenvalue weighted by Gasteiger charge is -2.35. The summed E-state index contributed by atoms with van der Waals surface area (Å²) in [6, 6.07) is 11.9. The van der Waals surface area contributed by atoms with Crippen molar-refractivity contribution in [3.63, 3.8) is 0 Å². The molecule has 0 radical (unpaired) electrons. The Morgan fingerprint density at radius 2 is 1.89 bits per heavy atom. The Balaban J connectivity index is 1.45. The molecule has 9 heteroatoms. The molecule has 2 bridgehead atoms. The van der Waals surface area contributed by atoms with Gasteiger partial charge in [0, 0.05) is 51.4 Å². The number of piperidine rings is 1. The van der Waals surface area contributed by atoms with Crippen molar-refractivity contribution in [3.05, 3.63) is 47.7 Å². The second-order valence-electron chi connectivity index (χ2n) is 10.3. The van der Waals surface area contributed by atoms with E-state index in [2.05, 4.69) is 29.0 Å². The third kappa shape index (κ3) is 4.25. The van der Waals surface area contributed by atoms with Crippen LogP contribution in [0.2, 0.25) is 0 Å². The fraction of sp³-hybridized carbons (Fsp3) is 0.519. The monoisotopic (exact) mass is 489 g/mol. The number of ether oxygens (including phenoxy) is 1. The normalized spacial score (nSPS) is 23.3. The minimum Gasteiger partial charge on any atom is -0.493 e. The van der Waals surface area contributed by atoms with Gasteiger partial charge in [0.05, 0.1) is 23.9 Å². The number of amides is 1. The Bertz CT molecular complexity index is 1260. The van der Waals surface area contributed by atoms with Crippen molar-refractivity contribution in [3.8, 4) is 5.75 Å². The first-order valence-corrected chi connectivity index (χ1v) is 13.2. The van der Waals surface area contributed by atoms with Crippen LogP contribution in [0.1, 0.15) is 60.6 Å². The summed E-state index contributed by atoms with van der Waals surface area (Å²) in [6.07, 6.45) is 5.78. The zero-order chi connectivity index (χ0) is 24.6. The third-order valence-corrected chi connectivity index (χ3v) is 7.72. The molecule has 1 amide bonds. The lowest BCUT2D eigenvalue weighted by atomic mass is 9.98. The van der Waals surface area contributed by atoms with Crippen molar-refractivity contribution in [1.82, 2.24) is 19.5 Å². The van der Waals surface area contributed by atoms with E-state index in [9.17, 15) is 4.79 Å². The molecule has 0 aliphatic carbocycles. The molecule has 1 aromatic carbocycles. The van der Waals surface area contributed by atoms with E-state index in [0.717, 1.165) is 81.1 Å². The highest BCUT2D eigenvalue weighted by Crippen LogP contribution is 2.35. The predicted octanol–water partition coefficient (Wildman–Crippen LogP) is 3.24. The van der Waals surface area contributed by atoms with Crippen LogP contribution in [0.3, 0.4) is 0 Å². The Labute approximate surface area is 211 Å². The first-order chi connectivity index (χ1) is 17.6. The number of fused-ring (bicyclic) bond motifs is 4. The molecule has 2 N–H and O–H groups in total. The number of nitrogens with zero attached hydrogens (tertiary/aromatic N) is 6. The average Bonchev–Trinajstić information content (AvgIpc) is 3.53. The van der Waals surface area contributed by atoms with Gasteiger partial charge in [0.15, 0.2) is 5.65 Å². The van der Waals surface area contributed by atoms with E-state index in [4.69, 9.17) is 20.6 Å². The minimum absolute atomic E-state index is 0.0132. The van der Waals surface area contributed by atoms with Gasteiger partial charge in [-0.15, -0.1) is 0 Å². The van der Waals surface area contributed by atoms with Crippen molar-refractivity contribution in [2.75, 3.05) is 49.6 Å². The van der Waals surface area contributed by atoms with Crippen LogP contribution in [0.25, 0.3) is 5.65 Å². The summed E-state index contributed by atoms with van der Waals surface area (Å²) in [4.78, 5) is 25.3. The summed E-state index contributed by atoms with van der Waals surface area (Å²) in [5.41, 5.74) is 8.55. The number of hydrogen-bond donors (Lipinski definition) is 1. The van der Waals surface area contributed by atoms with Gasteiger partial charge in [-0.2, -0.15) is 9.61 Å². The summed E-state index contributed by atoms with van der Waals surface area (Å²) in [5.74, 6) is 2.63. The first kappa shape index (κ1) is 23.1. The molecular formula is C27H35N7O2. The number of rotatable bonds is 1. The van der Waals surface area contributed by atoms with Crippen molar-refractivity contribution in [2.24, 2.45) is 5.73 Å². The second kappa shape index (κ2) is 9.61. The molecule has 5 heterocycles. The van der Waals surface area contributed by atoms with Crippen molar-refractivity contribution >= 4 is 23.2 Å². The number of para-hydroxylation sites is 1. The fourth-order valence-corrected chi connectivity index (χ4v) is 5.71. The predicted molar refractivity (Wildman–Crippen MR) is 140 cm³/mol. The Hall–Kier alpha value is -3.33. The molecule has 0 saturated carbocycles. The van der Waals surface area contributed by atoms with Gasteiger partial charge in [-0.3, -0.25) is 4.79 Å². The smallest absolute Gasteiger partial charge is 0.258 e. The van der Waals surface area contributed by atoms with Crippen LogP contribution >= 0.6 is 0 Å². The topological polar surface area (TPSA) is 92.2 Å². The molecule has 6 rings (SSSR count). The largest absolute Gasteiger partial charge is 0.493 e. The van der Waals surface area contributed by atoms with Crippen molar-refractivity contribution < 1.29 is 9.53 Å². The number of benzene rings is 1. The van der Waals surface area contributed by atoms with Crippen LogP contribution in [0.15, 0.2) is 36.4 Å². The Morgan fingerprint density at radius 1 is 1.03 bits per heavy atom. The van der Waals surface area contributed by atoms with Crippen LogP contribution in [0, 0.1) is 0 Å². The minimum atomic E-state index is -0.0899. The van der Waals surface area contributed by atoms with E-state index < -0.39 is 0 Å². The van der Waals surface area contributed by atoms with Gasteiger partial charge < -0.3 is 25.2 Å². The quantitative estimate of drug-likeness (QED) is 0.561. The Kier molecular flexibility index (Phi) is 6.17. The Morgan fingerprint density at radius 3 is 2.75 bits per heavy atom. The van der Waals surface area contributed by atoms with Gasteiger partial charge in [0.25, 0.3) is 5.91 Å². The summed E-state index contributed by atoms with van der Waals surface area (Å²) in [7, 11) is 2.11.